The summed E-state index contributed by atoms with van der Waals surface area (Å²) < 4.78 is 0. The van der Waals surface area contributed by atoms with Crippen molar-refractivity contribution in [1.29, 1.82) is 0 Å². The number of aliphatic carboxylic acids is 1. The first-order valence-corrected chi connectivity index (χ1v) is 6.65. The number of imidazole rings is 1. The zero-order valence-electron chi connectivity index (χ0n) is 11.6. The SMILES string of the molecule is Cc1cc(CC(=O)O)cc2[nH]c(Nc3ccccc3)nc12. The molecule has 21 heavy (non-hydrogen) atoms. The monoisotopic (exact) mass is 281 g/mol. The lowest BCUT2D eigenvalue weighted by molar-refractivity contribution is -0.136. The molecule has 0 aliphatic carbocycles. The predicted molar refractivity (Wildman–Crippen MR) is 81.9 cm³/mol. The van der Waals surface area contributed by atoms with Gasteiger partial charge in [0.2, 0.25) is 5.95 Å². The number of aromatic nitrogens is 2. The Kier molecular flexibility index (Phi) is 3.31. The second-order valence-corrected chi connectivity index (χ2v) is 4.96. The molecule has 0 unspecified atom stereocenters. The summed E-state index contributed by atoms with van der Waals surface area (Å²) >= 11 is 0. The van der Waals surface area contributed by atoms with E-state index in [4.69, 9.17) is 5.11 Å². The summed E-state index contributed by atoms with van der Waals surface area (Å²) in [6, 6.07) is 13.4. The summed E-state index contributed by atoms with van der Waals surface area (Å²) in [6.07, 6.45) is 0.0112. The summed E-state index contributed by atoms with van der Waals surface area (Å²) in [5.74, 6) is -0.192. The maximum absolute atomic E-state index is 10.8. The van der Waals surface area contributed by atoms with Gasteiger partial charge in [0.05, 0.1) is 17.5 Å². The van der Waals surface area contributed by atoms with Gasteiger partial charge in [0.15, 0.2) is 0 Å². The molecule has 0 saturated heterocycles. The van der Waals surface area contributed by atoms with Crippen LogP contribution in [0, 0.1) is 6.92 Å². The number of rotatable bonds is 4. The van der Waals surface area contributed by atoms with Crippen molar-refractivity contribution in [3.05, 3.63) is 53.6 Å². The number of aromatic amines is 1. The van der Waals surface area contributed by atoms with Crippen molar-refractivity contribution in [3.63, 3.8) is 0 Å². The van der Waals surface area contributed by atoms with E-state index in [2.05, 4.69) is 15.3 Å². The predicted octanol–water partition coefficient (Wildman–Crippen LogP) is 3.24. The van der Waals surface area contributed by atoms with Gasteiger partial charge >= 0.3 is 5.97 Å². The molecule has 0 radical (unpaired) electrons. The number of fused-ring (bicyclic) bond motifs is 1. The second kappa shape index (κ2) is 5.28. The highest BCUT2D eigenvalue weighted by Gasteiger charge is 2.09. The summed E-state index contributed by atoms with van der Waals surface area (Å²) in [7, 11) is 0. The van der Waals surface area contributed by atoms with Crippen LogP contribution in [-0.2, 0) is 11.2 Å². The maximum Gasteiger partial charge on any atom is 0.307 e. The lowest BCUT2D eigenvalue weighted by Gasteiger charge is -2.00. The van der Waals surface area contributed by atoms with E-state index in [0.717, 1.165) is 27.8 Å². The number of hydrogen-bond acceptors (Lipinski definition) is 3. The van der Waals surface area contributed by atoms with Gasteiger partial charge in [-0.1, -0.05) is 24.3 Å². The first-order chi connectivity index (χ1) is 10.1. The maximum atomic E-state index is 10.8. The Morgan fingerprint density at radius 3 is 2.76 bits per heavy atom. The van der Waals surface area contributed by atoms with E-state index in [1.165, 1.54) is 0 Å². The average Bonchev–Trinajstić information content (AvgIpc) is 2.82. The molecule has 5 nitrogen and oxygen atoms in total. The van der Waals surface area contributed by atoms with Gasteiger partial charge in [0.1, 0.15) is 0 Å². The molecule has 1 heterocycles. The minimum atomic E-state index is -0.837. The van der Waals surface area contributed by atoms with Crippen LogP contribution in [0.1, 0.15) is 11.1 Å². The van der Waals surface area contributed by atoms with Crippen molar-refractivity contribution < 1.29 is 9.90 Å². The molecular weight excluding hydrogens is 266 g/mol. The second-order valence-electron chi connectivity index (χ2n) is 4.96. The fourth-order valence-electron chi connectivity index (χ4n) is 2.36. The van der Waals surface area contributed by atoms with Gasteiger partial charge in [-0.05, 0) is 36.2 Å². The molecule has 2 aromatic carbocycles. The van der Waals surface area contributed by atoms with Crippen molar-refractivity contribution in [1.82, 2.24) is 9.97 Å². The van der Waals surface area contributed by atoms with E-state index in [0.29, 0.717) is 5.95 Å². The van der Waals surface area contributed by atoms with Crippen LogP contribution in [0.25, 0.3) is 11.0 Å². The van der Waals surface area contributed by atoms with Gasteiger partial charge < -0.3 is 15.4 Å². The third-order valence-corrected chi connectivity index (χ3v) is 3.23. The van der Waals surface area contributed by atoms with Crippen molar-refractivity contribution in [2.45, 2.75) is 13.3 Å². The number of carbonyl (C=O) groups is 1. The van der Waals surface area contributed by atoms with Gasteiger partial charge in [-0.2, -0.15) is 0 Å². The van der Waals surface area contributed by atoms with E-state index < -0.39 is 5.97 Å². The van der Waals surface area contributed by atoms with E-state index in [1.54, 1.807) is 0 Å². The highest BCUT2D eigenvalue weighted by molar-refractivity contribution is 5.83. The number of benzene rings is 2. The van der Waals surface area contributed by atoms with Crippen LogP contribution in [-0.4, -0.2) is 21.0 Å². The molecule has 0 bridgehead atoms. The fourth-order valence-corrected chi connectivity index (χ4v) is 2.36. The van der Waals surface area contributed by atoms with Gasteiger partial charge in [0.25, 0.3) is 0 Å². The average molecular weight is 281 g/mol. The molecule has 3 rings (SSSR count). The Bertz CT molecular complexity index is 794. The van der Waals surface area contributed by atoms with Crippen molar-refractivity contribution in [3.8, 4) is 0 Å². The molecule has 106 valence electrons. The van der Waals surface area contributed by atoms with Crippen LogP contribution in [0.15, 0.2) is 42.5 Å². The minimum Gasteiger partial charge on any atom is -0.481 e. The number of anilines is 2. The van der Waals surface area contributed by atoms with Crippen LogP contribution in [0.5, 0.6) is 0 Å². The number of carboxylic acid groups (broad SMARTS) is 1. The first kappa shape index (κ1) is 13.2. The Hall–Kier alpha value is -2.82. The van der Waals surface area contributed by atoms with Gasteiger partial charge in [0, 0.05) is 5.69 Å². The smallest absolute Gasteiger partial charge is 0.307 e. The molecule has 3 aromatic rings. The summed E-state index contributed by atoms with van der Waals surface area (Å²) in [5, 5.41) is 12.1. The number of nitrogens with zero attached hydrogens (tertiary/aromatic N) is 1. The molecule has 0 aliphatic heterocycles. The minimum absolute atomic E-state index is 0.0112. The van der Waals surface area contributed by atoms with Crippen LogP contribution < -0.4 is 5.32 Å². The van der Waals surface area contributed by atoms with E-state index in [9.17, 15) is 4.79 Å². The third kappa shape index (κ3) is 2.86. The van der Waals surface area contributed by atoms with E-state index >= 15 is 0 Å². The van der Waals surface area contributed by atoms with Gasteiger partial charge in [-0.25, -0.2) is 4.98 Å². The van der Waals surface area contributed by atoms with E-state index in [1.807, 2.05) is 49.4 Å². The van der Waals surface area contributed by atoms with Crippen molar-refractivity contribution >= 4 is 28.6 Å². The molecule has 3 N–H and O–H groups in total. The van der Waals surface area contributed by atoms with E-state index in [-0.39, 0.29) is 6.42 Å². The zero-order chi connectivity index (χ0) is 14.8. The number of para-hydroxylation sites is 1. The Labute approximate surface area is 121 Å². The highest BCUT2D eigenvalue weighted by Crippen LogP contribution is 2.22. The number of aryl methyl sites for hydroxylation is 1. The molecule has 0 spiro atoms. The number of nitrogens with one attached hydrogen (secondary N) is 2. The topological polar surface area (TPSA) is 78.0 Å². The molecule has 0 amide bonds. The van der Waals surface area contributed by atoms with Crippen LogP contribution in [0.2, 0.25) is 0 Å². The normalized spacial score (nSPS) is 10.7. The van der Waals surface area contributed by atoms with Crippen LogP contribution in [0.4, 0.5) is 11.6 Å². The quantitative estimate of drug-likeness (QED) is 0.686. The molecule has 5 heteroatoms. The lowest BCUT2D eigenvalue weighted by atomic mass is 10.1. The highest BCUT2D eigenvalue weighted by atomic mass is 16.4. The van der Waals surface area contributed by atoms with Crippen molar-refractivity contribution in [2.75, 3.05) is 5.32 Å². The lowest BCUT2D eigenvalue weighted by Crippen LogP contribution is -2.00. The van der Waals surface area contributed by atoms with Gasteiger partial charge in [-0.3, -0.25) is 4.79 Å². The Morgan fingerprint density at radius 2 is 2.05 bits per heavy atom. The molecule has 0 fully saturated rings. The largest absolute Gasteiger partial charge is 0.481 e. The van der Waals surface area contributed by atoms with Crippen LogP contribution >= 0.6 is 0 Å². The Morgan fingerprint density at radius 1 is 1.29 bits per heavy atom. The molecule has 1 aromatic heterocycles. The third-order valence-electron chi connectivity index (χ3n) is 3.23. The molecular formula is C16H15N3O2. The number of carboxylic acids is 1. The summed E-state index contributed by atoms with van der Waals surface area (Å²) in [5.41, 5.74) is 4.36. The molecule has 0 atom stereocenters. The summed E-state index contributed by atoms with van der Waals surface area (Å²) in [4.78, 5) is 18.5. The number of hydrogen-bond donors (Lipinski definition) is 3. The fraction of sp³-hybridized carbons (Fsp3) is 0.125. The van der Waals surface area contributed by atoms with Crippen molar-refractivity contribution in [2.24, 2.45) is 0 Å². The summed E-state index contributed by atoms with van der Waals surface area (Å²) in [6.45, 7) is 1.93. The molecule has 0 saturated carbocycles. The molecule has 0 aliphatic rings. The first-order valence-electron chi connectivity index (χ1n) is 6.65. The number of H-pyrrole nitrogens is 1. The van der Waals surface area contributed by atoms with Gasteiger partial charge in [-0.15, -0.1) is 0 Å². The Balaban J connectivity index is 1.96. The van der Waals surface area contributed by atoms with Crippen LogP contribution in [0.3, 0.4) is 0 Å². The standard InChI is InChI=1S/C16H15N3O2/c1-10-7-11(9-14(20)21)8-13-15(10)19-16(18-13)17-12-5-3-2-4-6-12/h2-8H,9H2,1H3,(H,20,21)(H2,17,18,19). The zero-order valence-corrected chi connectivity index (χ0v) is 11.6.